The lowest BCUT2D eigenvalue weighted by Crippen LogP contribution is -2.13. The summed E-state index contributed by atoms with van der Waals surface area (Å²) in [5.74, 6) is 0. The molecule has 1 heterocycles. The van der Waals surface area contributed by atoms with Crippen LogP contribution >= 0.6 is 0 Å². The van der Waals surface area contributed by atoms with Crippen LogP contribution < -0.4 is 0 Å². The van der Waals surface area contributed by atoms with Gasteiger partial charge in [-0.25, -0.2) is 0 Å². The molecule has 1 unspecified atom stereocenters. The number of fused-ring (bicyclic) bond motifs is 1. The fraction of sp³-hybridized carbons (Fsp3) is 0.308. The van der Waals surface area contributed by atoms with Gasteiger partial charge in [0.05, 0.1) is 6.10 Å². The van der Waals surface area contributed by atoms with E-state index in [9.17, 15) is 4.79 Å². The second-order valence-corrected chi connectivity index (χ2v) is 3.91. The highest BCUT2D eigenvalue weighted by molar-refractivity contribution is 5.97. The molecule has 3 heteroatoms. The highest BCUT2D eigenvalue weighted by atomic mass is 16.5. The van der Waals surface area contributed by atoms with E-state index in [1.54, 1.807) is 7.11 Å². The topological polar surface area (TPSA) is 31.2 Å². The Morgan fingerprint density at radius 2 is 2.25 bits per heavy atom. The molecule has 2 rings (SSSR count). The van der Waals surface area contributed by atoms with Crippen LogP contribution in [0.3, 0.4) is 0 Å². The molecule has 84 valence electrons. The van der Waals surface area contributed by atoms with Crippen molar-refractivity contribution in [2.24, 2.45) is 0 Å². The van der Waals surface area contributed by atoms with Crippen LogP contribution in [0.25, 0.3) is 10.9 Å². The number of methoxy groups -OCH3 is 1. The third kappa shape index (κ3) is 1.86. The monoisotopic (exact) mass is 217 g/mol. The van der Waals surface area contributed by atoms with E-state index in [-0.39, 0.29) is 6.10 Å². The summed E-state index contributed by atoms with van der Waals surface area (Å²) in [6.07, 6.45) is 3.05. The van der Waals surface area contributed by atoms with Gasteiger partial charge >= 0.3 is 0 Å². The van der Waals surface area contributed by atoms with Crippen LogP contribution in [0.15, 0.2) is 30.5 Å². The summed E-state index contributed by atoms with van der Waals surface area (Å²) in [7, 11) is 1.70. The maximum Gasteiger partial charge on any atom is 0.150 e. The predicted molar refractivity (Wildman–Crippen MR) is 63.8 cm³/mol. The van der Waals surface area contributed by atoms with E-state index in [4.69, 9.17) is 4.74 Å². The molecule has 16 heavy (non-hydrogen) atoms. The van der Waals surface area contributed by atoms with Gasteiger partial charge in [-0.3, -0.25) is 4.79 Å². The van der Waals surface area contributed by atoms with Crippen molar-refractivity contribution in [1.82, 2.24) is 4.57 Å². The Balaban J connectivity index is 2.45. The fourth-order valence-corrected chi connectivity index (χ4v) is 1.86. The number of nitrogens with zero attached hydrogens (tertiary/aromatic N) is 1. The zero-order valence-electron chi connectivity index (χ0n) is 9.51. The summed E-state index contributed by atoms with van der Waals surface area (Å²) in [6, 6.07) is 7.73. The molecule has 0 spiro atoms. The lowest BCUT2D eigenvalue weighted by Gasteiger charge is -2.11. The van der Waals surface area contributed by atoms with Crippen molar-refractivity contribution in [3.8, 4) is 0 Å². The molecule has 0 fully saturated rings. The summed E-state index contributed by atoms with van der Waals surface area (Å²) in [5.41, 5.74) is 1.81. The van der Waals surface area contributed by atoms with E-state index in [2.05, 4.69) is 4.57 Å². The highest BCUT2D eigenvalue weighted by Crippen LogP contribution is 2.19. The van der Waals surface area contributed by atoms with Crippen LogP contribution in [0.1, 0.15) is 17.3 Å². The Kier molecular flexibility index (Phi) is 3.06. The fourth-order valence-electron chi connectivity index (χ4n) is 1.86. The SMILES string of the molecule is COC(C)Cn1ccc2c(C=O)cccc21. The Morgan fingerprint density at radius 1 is 1.44 bits per heavy atom. The molecule has 1 atom stereocenters. The van der Waals surface area contributed by atoms with Crippen LogP contribution in [0.2, 0.25) is 0 Å². The van der Waals surface area contributed by atoms with Crippen molar-refractivity contribution in [1.29, 1.82) is 0 Å². The summed E-state index contributed by atoms with van der Waals surface area (Å²) in [6.45, 7) is 2.82. The van der Waals surface area contributed by atoms with Crippen LogP contribution in [-0.2, 0) is 11.3 Å². The van der Waals surface area contributed by atoms with E-state index >= 15 is 0 Å². The van der Waals surface area contributed by atoms with Crippen LogP contribution in [0, 0.1) is 0 Å². The number of hydrogen-bond donors (Lipinski definition) is 0. The molecule has 0 saturated carbocycles. The first kappa shape index (κ1) is 10.9. The number of rotatable bonds is 4. The lowest BCUT2D eigenvalue weighted by molar-refractivity contribution is 0.104. The molecule has 1 aromatic carbocycles. The van der Waals surface area contributed by atoms with E-state index in [1.165, 1.54) is 0 Å². The van der Waals surface area contributed by atoms with Crippen molar-refractivity contribution in [3.63, 3.8) is 0 Å². The van der Waals surface area contributed by atoms with Gasteiger partial charge in [0.1, 0.15) is 0 Å². The van der Waals surface area contributed by atoms with Crippen LogP contribution in [0.5, 0.6) is 0 Å². The quantitative estimate of drug-likeness (QED) is 0.737. The number of ether oxygens (including phenoxy) is 1. The third-order valence-corrected chi connectivity index (χ3v) is 2.83. The maximum atomic E-state index is 10.9. The Labute approximate surface area is 94.6 Å². The van der Waals surface area contributed by atoms with Gasteiger partial charge in [0.15, 0.2) is 6.29 Å². The first-order chi connectivity index (χ1) is 7.76. The zero-order chi connectivity index (χ0) is 11.5. The van der Waals surface area contributed by atoms with Gasteiger partial charge in [0.2, 0.25) is 0 Å². The molecule has 0 N–H and O–H groups in total. The molecule has 2 aromatic rings. The van der Waals surface area contributed by atoms with Gasteiger partial charge in [-0.2, -0.15) is 0 Å². The summed E-state index contributed by atoms with van der Waals surface area (Å²) >= 11 is 0. The van der Waals surface area contributed by atoms with Crippen LogP contribution in [0.4, 0.5) is 0 Å². The Morgan fingerprint density at radius 3 is 2.94 bits per heavy atom. The first-order valence-electron chi connectivity index (χ1n) is 5.32. The standard InChI is InChI=1S/C13H15NO2/c1-10(16-2)8-14-7-6-12-11(9-15)4-3-5-13(12)14/h3-7,9-10H,8H2,1-2H3. The van der Waals surface area contributed by atoms with Crippen LogP contribution in [-0.4, -0.2) is 24.1 Å². The number of carbonyl (C=O) groups is 1. The maximum absolute atomic E-state index is 10.9. The summed E-state index contributed by atoms with van der Waals surface area (Å²) in [4.78, 5) is 10.9. The first-order valence-corrected chi connectivity index (χ1v) is 5.32. The molecule has 0 amide bonds. The molecular formula is C13H15NO2. The number of aldehydes is 1. The predicted octanol–water partition coefficient (Wildman–Crippen LogP) is 2.49. The van der Waals surface area contributed by atoms with Crippen molar-refractivity contribution >= 4 is 17.2 Å². The van der Waals surface area contributed by atoms with Gasteiger partial charge in [-0.15, -0.1) is 0 Å². The van der Waals surface area contributed by atoms with Crippen molar-refractivity contribution < 1.29 is 9.53 Å². The summed E-state index contributed by atoms with van der Waals surface area (Å²) in [5, 5.41) is 1.00. The van der Waals surface area contributed by atoms with Crippen molar-refractivity contribution in [3.05, 3.63) is 36.0 Å². The smallest absolute Gasteiger partial charge is 0.150 e. The molecule has 0 radical (unpaired) electrons. The Bertz CT molecular complexity index is 502. The van der Waals surface area contributed by atoms with Gasteiger partial charge in [-0.1, -0.05) is 12.1 Å². The van der Waals surface area contributed by atoms with E-state index in [0.29, 0.717) is 0 Å². The average molecular weight is 217 g/mol. The molecule has 0 aliphatic carbocycles. The normalized spacial score (nSPS) is 12.9. The number of benzene rings is 1. The largest absolute Gasteiger partial charge is 0.380 e. The summed E-state index contributed by atoms with van der Waals surface area (Å²) < 4.78 is 7.35. The second-order valence-electron chi connectivity index (χ2n) is 3.91. The molecule has 3 nitrogen and oxygen atoms in total. The second kappa shape index (κ2) is 4.49. The third-order valence-electron chi connectivity index (χ3n) is 2.83. The van der Waals surface area contributed by atoms with Gasteiger partial charge in [0, 0.05) is 36.3 Å². The highest BCUT2D eigenvalue weighted by Gasteiger charge is 2.07. The minimum Gasteiger partial charge on any atom is -0.380 e. The number of carbonyl (C=O) groups excluding carboxylic acids is 1. The van der Waals surface area contributed by atoms with Gasteiger partial charge in [-0.05, 0) is 19.1 Å². The molecule has 1 aromatic heterocycles. The molecule has 0 aliphatic rings. The lowest BCUT2D eigenvalue weighted by atomic mass is 10.1. The average Bonchev–Trinajstić information content (AvgIpc) is 2.72. The van der Waals surface area contributed by atoms with E-state index in [0.717, 1.165) is 29.3 Å². The van der Waals surface area contributed by atoms with E-state index < -0.39 is 0 Å². The Hall–Kier alpha value is -1.61. The minimum atomic E-state index is 0.162. The molecule has 0 bridgehead atoms. The molecular weight excluding hydrogens is 202 g/mol. The minimum absolute atomic E-state index is 0.162. The molecule has 0 saturated heterocycles. The van der Waals surface area contributed by atoms with Crippen molar-refractivity contribution in [2.75, 3.05) is 7.11 Å². The number of hydrogen-bond acceptors (Lipinski definition) is 2. The number of aromatic nitrogens is 1. The zero-order valence-corrected chi connectivity index (χ0v) is 9.51. The van der Waals surface area contributed by atoms with Gasteiger partial charge < -0.3 is 9.30 Å². The van der Waals surface area contributed by atoms with Gasteiger partial charge in [0.25, 0.3) is 0 Å². The van der Waals surface area contributed by atoms with E-state index in [1.807, 2.05) is 37.4 Å². The molecule has 0 aliphatic heterocycles. The van der Waals surface area contributed by atoms with Crippen molar-refractivity contribution in [2.45, 2.75) is 19.6 Å².